The van der Waals surface area contributed by atoms with Crippen LogP contribution in [0.4, 0.5) is 19.3 Å². The minimum Gasteiger partial charge on any atom is -0.490 e. The van der Waals surface area contributed by atoms with Gasteiger partial charge in [-0.1, -0.05) is 60.7 Å². The van der Waals surface area contributed by atoms with Gasteiger partial charge in [0.1, 0.15) is 31.4 Å². The van der Waals surface area contributed by atoms with Crippen molar-refractivity contribution in [3.05, 3.63) is 125 Å². The molecule has 0 radical (unpaired) electrons. The lowest BCUT2D eigenvalue weighted by Gasteiger charge is -2.38. The number of fused-ring (bicyclic) bond motifs is 1. The molecule has 0 bridgehead atoms. The van der Waals surface area contributed by atoms with Gasteiger partial charge in [-0.3, -0.25) is 0 Å². The number of carbonyl (C=O) groups excluding carboxylic acids is 1. The standard InChI is InChI=1S/C41H46F2N2O7/c1-47-20-5-17-44-19-21-49-38-15-10-32(24-37(38)44)29-51-40-26-45(41(46)52-28-30-6-3-2-4-7-30)18-16-35(40)33-11-8-31(9-12-33)27-48-22-23-50-39-25-34(42)13-14-36(39)43/h2-4,6-15,24-25,35,40H,5,16-23,26-29H2,1H3. The summed E-state index contributed by atoms with van der Waals surface area (Å²) >= 11 is 0. The van der Waals surface area contributed by atoms with E-state index < -0.39 is 11.6 Å². The summed E-state index contributed by atoms with van der Waals surface area (Å²) in [4.78, 5) is 17.3. The Morgan fingerprint density at radius 2 is 1.65 bits per heavy atom. The molecule has 6 rings (SSSR count). The number of rotatable bonds is 16. The molecule has 52 heavy (non-hydrogen) atoms. The predicted octanol–water partition coefficient (Wildman–Crippen LogP) is 7.51. The van der Waals surface area contributed by atoms with E-state index >= 15 is 0 Å². The number of hydrogen-bond acceptors (Lipinski definition) is 8. The minimum absolute atomic E-state index is 0.0502. The Hall–Kier alpha value is -4.71. The van der Waals surface area contributed by atoms with Crippen molar-refractivity contribution in [3.63, 3.8) is 0 Å². The fourth-order valence-corrected chi connectivity index (χ4v) is 6.54. The van der Waals surface area contributed by atoms with E-state index in [4.69, 9.17) is 28.4 Å². The van der Waals surface area contributed by atoms with Crippen LogP contribution in [-0.4, -0.2) is 76.8 Å². The molecule has 2 heterocycles. The Morgan fingerprint density at radius 1 is 0.846 bits per heavy atom. The molecule has 2 atom stereocenters. The first-order valence-corrected chi connectivity index (χ1v) is 17.8. The maximum absolute atomic E-state index is 13.8. The number of likely N-dealkylation sites (tertiary alicyclic amines) is 1. The van der Waals surface area contributed by atoms with Crippen LogP contribution in [0.2, 0.25) is 0 Å². The monoisotopic (exact) mass is 716 g/mol. The Kier molecular flexibility index (Phi) is 13.3. The van der Waals surface area contributed by atoms with Crippen molar-refractivity contribution in [2.24, 2.45) is 0 Å². The van der Waals surface area contributed by atoms with Gasteiger partial charge in [-0.2, -0.15) is 0 Å². The van der Waals surface area contributed by atoms with Crippen molar-refractivity contribution in [2.75, 3.05) is 64.6 Å². The van der Waals surface area contributed by atoms with E-state index in [1.165, 1.54) is 0 Å². The van der Waals surface area contributed by atoms with Crippen LogP contribution >= 0.6 is 0 Å². The SMILES string of the molecule is COCCCN1CCOc2ccc(COC3CN(C(=O)OCc4ccccc4)CCC3c3ccc(COCCOc4cc(F)ccc4F)cc3)cc21. The third-order valence-electron chi connectivity index (χ3n) is 9.30. The second kappa shape index (κ2) is 18.7. The zero-order valence-electron chi connectivity index (χ0n) is 29.5. The number of amides is 1. The molecule has 0 saturated carbocycles. The summed E-state index contributed by atoms with van der Waals surface area (Å²) in [6.07, 6.45) is 1.00. The summed E-state index contributed by atoms with van der Waals surface area (Å²) in [5, 5.41) is 0. The molecule has 0 aliphatic carbocycles. The molecule has 1 fully saturated rings. The number of benzene rings is 4. The lowest BCUT2D eigenvalue weighted by molar-refractivity contribution is -0.0246. The second-order valence-electron chi connectivity index (χ2n) is 12.9. The first kappa shape index (κ1) is 37.1. The van der Waals surface area contributed by atoms with Gasteiger partial charge >= 0.3 is 6.09 Å². The van der Waals surface area contributed by atoms with E-state index in [-0.39, 0.29) is 43.7 Å². The molecule has 11 heteroatoms. The largest absolute Gasteiger partial charge is 0.490 e. The number of hydrogen-bond donors (Lipinski definition) is 0. The highest BCUT2D eigenvalue weighted by Crippen LogP contribution is 2.35. The molecule has 276 valence electrons. The lowest BCUT2D eigenvalue weighted by Crippen LogP contribution is -2.47. The van der Waals surface area contributed by atoms with Crippen molar-refractivity contribution in [1.29, 1.82) is 0 Å². The first-order valence-electron chi connectivity index (χ1n) is 17.8. The highest BCUT2D eigenvalue weighted by Gasteiger charge is 2.34. The molecule has 1 saturated heterocycles. The number of piperidine rings is 1. The van der Waals surface area contributed by atoms with Crippen LogP contribution in [0.3, 0.4) is 0 Å². The van der Waals surface area contributed by atoms with Crippen LogP contribution in [0.25, 0.3) is 0 Å². The summed E-state index contributed by atoms with van der Waals surface area (Å²) in [6, 6.07) is 27.1. The molecule has 2 aliphatic heterocycles. The topological polar surface area (TPSA) is 78.9 Å². The lowest BCUT2D eigenvalue weighted by atomic mass is 9.86. The fourth-order valence-electron chi connectivity index (χ4n) is 6.54. The van der Waals surface area contributed by atoms with Crippen molar-refractivity contribution >= 4 is 11.8 Å². The molecule has 0 aromatic heterocycles. The molecule has 0 N–H and O–H groups in total. The molecule has 2 aliphatic rings. The van der Waals surface area contributed by atoms with Crippen LogP contribution in [0, 0.1) is 11.6 Å². The minimum atomic E-state index is -0.619. The van der Waals surface area contributed by atoms with Gasteiger partial charge in [0.15, 0.2) is 11.6 Å². The maximum Gasteiger partial charge on any atom is 0.410 e. The zero-order valence-corrected chi connectivity index (χ0v) is 29.5. The molecule has 0 spiro atoms. The second-order valence-corrected chi connectivity index (χ2v) is 12.9. The molecule has 4 aromatic rings. The predicted molar refractivity (Wildman–Crippen MR) is 193 cm³/mol. The van der Waals surface area contributed by atoms with E-state index in [1.807, 2.05) is 54.6 Å². The third kappa shape index (κ3) is 10.2. The van der Waals surface area contributed by atoms with E-state index in [1.54, 1.807) is 12.0 Å². The number of anilines is 1. The van der Waals surface area contributed by atoms with Crippen molar-refractivity contribution < 1.29 is 42.0 Å². The average Bonchev–Trinajstić information content (AvgIpc) is 3.18. The number of methoxy groups -OCH3 is 1. The van der Waals surface area contributed by atoms with Crippen molar-refractivity contribution in [2.45, 2.75) is 44.7 Å². The fraction of sp³-hybridized carbons (Fsp3) is 0.390. The van der Waals surface area contributed by atoms with Crippen LogP contribution in [0.15, 0.2) is 91.0 Å². The van der Waals surface area contributed by atoms with Crippen molar-refractivity contribution in [1.82, 2.24) is 4.90 Å². The van der Waals surface area contributed by atoms with Gasteiger partial charge < -0.3 is 38.2 Å². The Labute approximate surface area is 303 Å². The van der Waals surface area contributed by atoms with E-state index in [9.17, 15) is 13.6 Å². The van der Waals surface area contributed by atoms with E-state index in [2.05, 4.69) is 23.1 Å². The maximum atomic E-state index is 13.8. The number of halogens is 2. The highest BCUT2D eigenvalue weighted by atomic mass is 19.1. The van der Waals surface area contributed by atoms with Gasteiger partial charge in [-0.15, -0.1) is 0 Å². The molecular formula is C41H46F2N2O7. The number of carbonyl (C=O) groups is 1. The van der Waals surface area contributed by atoms with Crippen molar-refractivity contribution in [3.8, 4) is 11.5 Å². The molecule has 2 unspecified atom stereocenters. The third-order valence-corrected chi connectivity index (χ3v) is 9.30. The van der Waals surface area contributed by atoms with Gasteiger partial charge in [0.25, 0.3) is 0 Å². The Morgan fingerprint density at radius 3 is 2.48 bits per heavy atom. The van der Waals surface area contributed by atoms with Gasteiger partial charge in [0.2, 0.25) is 0 Å². The van der Waals surface area contributed by atoms with Crippen LogP contribution in [0.5, 0.6) is 11.5 Å². The number of ether oxygens (including phenoxy) is 6. The van der Waals surface area contributed by atoms with Gasteiger partial charge in [0.05, 0.1) is 44.7 Å². The summed E-state index contributed by atoms with van der Waals surface area (Å²) in [5.74, 6) is -0.401. The zero-order chi connectivity index (χ0) is 36.1. The molecule has 9 nitrogen and oxygen atoms in total. The average molecular weight is 717 g/mol. The summed E-state index contributed by atoms with van der Waals surface area (Å²) < 4.78 is 61.8. The smallest absolute Gasteiger partial charge is 0.410 e. The summed E-state index contributed by atoms with van der Waals surface area (Å²) in [7, 11) is 1.72. The molecule has 1 amide bonds. The normalized spacial score (nSPS) is 17.0. The van der Waals surface area contributed by atoms with Crippen LogP contribution in [0.1, 0.15) is 41.0 Å². The highest BCUT2D eigenvalue weighted by molar-refractivity contribution is 5.68. The Balaban J connectivity index is 1.08. The van der Waals surface area contributed by atoms with E-state index in [0.29, 0.717) is 45.9 Å². The van der Waals surface area contributed by atoms with Gasteiger partial charge in [0, 0.05) is 38.8 Å². The Bertz CT molecular complexity index is 1730. The van der Waals surface area contributed by atoms with E-state index in [0.717, 1.165) is 71.4 Å². The summed E-state index contributed by atoms with van der Waals surface area (Å²) in [6.45, 7) is 5.21. The van der Waals surface area contributed by atoms with Crippen LogP contribution < -0.4 is 14.4 Å². The van der Waals surface area contributed by atoms with Gasteiger partial charge in [-0.25, -0.2) is 13.6 Å². The first-order chi connectivity index (χ1) is 25.5. The summed E-state index contributed by atoms with van der Waals surface area (Å²) in [5.41, 5.74) is 5.09. The molecular weight excluding hydrogens is 670 g/mol. The molecule has 4 aromatic carbocycles. The number of nitrogens with zero attached hydrogens (tertiary/aromatic N) is 2. The quantitative estimate of drug-likeness (QED) is 0.110. The van der Waals surface area contributed by atoms with Gasteiger partial charge in [-0.05, 0) is 59.4 Å². The van der Waals surface area contributed by atoms with Crippen LogP contribution in [-0.2, 0) is 38.8 Å².